The molecule has 0 aromatic rings. The Morgan fingerprint density at radius 1 is 2.00 bits per heavy atom. The summed E-state index contributed by atoms with van der Waals surface area (Å²) < 4.78 is 4.50. The van der Waals surface area contributed by atoms with Gasteiger partial charge in [0.2, 0.25) is 0 Å². The van der Waals surface area contributed by atoms with Gasteiger partial charge in [0.1, 0.15) is 6.61 Å². The molecule has 0 amide bonds. The van der Waals surface area contributed by atoms with Gasteiger partial charge in [-0.15, -0.1) is 0 Å². The van der Waals surface area contributed by atoms with Crippen LogP contribution in [0.4, 0.5) is 0 Å². The van der Waals surface area contributed by atoms with Gasteiger partial charge in [-0.2, -0.15) is 5.26 Å². The molecule has 33 valence electrons. The van der Waals surface area contributed by atoms with Gasteiger partial charge in [0.05, 0.1) is 12.7 Å². The lowest BCUT2D eigenvalue weighted by atomic mass is 10.8. The maximum atomic E-state index is 7.80. The van der Waals surface area contributed by atoms with E-state index in [-0.39, 0.29) is 6.61 Å². The molecule has 0 aromatic carbocycles. The first-order valence-electron chi connectivity index (χ1n) is 1.68. The summed E-state index contributed by atoms with van der Waals surface area (Å²) in [6, 6.07) is 1.82. The zero-order valence-electron chi connectivity index (χ0n) is 3.64. The first kappa shape index (κ1) is 5.45. The molecule has 0 saturated carbocycles. The molecular formula is C4H6NO. The molecular weight excluding hydrogens is 78.0 g/mol. The van der Waals surface area contributed by atoms with E-state index in [0.29, 0.717) is 0 Å². The summed E-state index contributed by atoms with van der Waals surface area (Å²) in [4.78, 5) is 0. The maximum absolute atomic E-state index is 7.80. The molecule has 0 rings (SSSR count). The minimum atomic E-state index is 0.163. The normalized spacial score (nSPS) is 7.33. The van der Waals surface area contributed by atoms with Crippen LogP contribution in [0.2, 0.25) is 0 Å². The first-order valence-corrected chi connectivity index (χ1v) is 1.68. The molecule has 1 radical (unpaired) electrons. The number of nitrogens with zero attached hydrogens (tertiary/aromatic N) is 1. The van der Waals surface area contributed by atoms with E-state index in [9.17, 15) is 0 Å². The van der Waals surface area contributed by atoms with Gasteiger partial charge in [0, 0.05) is 0 Å². The van der Waals surface area contributed by atoms with E-state index in [1.54, 1.807) is 6.92 Å². The third kappa shape index (κ3) is 3.45. The monoisotopic (exact) mass is 84.0 g/mol. The highest BCUT2D eigenvalue weighted by molar-refractivity contribution is 4.66. The summed E-state index contributed by atoms with van der Waals surface area (Å²) in [7, 11) is 0. The predicted octanol–water partition coefficient (Wildman–Crippen LogP) is 0.708. The molecule has 0 N–H and O–H groups in total. The fourth-order valence-electron chi connectivity index (χ4n) is 0.121. The first-order chi connectivity index (χ1) is 2.91. The number of ether oxygens (including phenoxy) is 1. The molecule has 6 heavy (non-hydrogen) atoms. The number of nitriles is 1. The summed E-state index contributed by atoms with van der Waals surface area (Å²) in [5.74, 6) is 0. The summed E-state index contributed by atoms with van der Waals surface area (Å²) in [5, 5.41) is 7.80. The number of rotatable bonds is 2. The third-order valence-corrected chi connectivity index (χ3v) is 0.315. The van der Waals surface area contributed by atoms with Gasteiger partial charge in [0.25, 0.3) is 0 Å². The topological polar surface area (TPSA) is 33.0 Å². The van der Waals surface area contributed by atoms with Gasteiger partial charge in [-0.3, -0.25) is 0 Å². The van der Waals surface area contributed by atoms with Crippen LogP contribution in [0.15, 0.2) is 0 Å². The lowest BCUT2D eigenvalue weighted by Gasteiger charge is -1.83. The van der Waals surface area contributed by atoms with E-state index in [1.807, 2.05) is 6.07 Å². The average Bonchev–Trinajstić information content (AvgIpc) is 1.61. The Labute approximate surface area is 37.3 Å². The van der Waals surface area contributed by atoms with Gasteiger partial charge in [-0.05, 0) is 6.92 Å². The van der Waals surface area contributed by atoms with Crippen LogP contribution in [0, 0.1) is 17.9 Å². The van der Waals surface area contributed by atoms with Crippen LogP contribution in [-0.2, 0) is 4.74 Å². The Morgan fingerprint density at radius 2 is 2.67 bits per heavy atom. The number of hydrogen-bond donors (Lipinski definition) is 0. The third-order valence-electron chi connectivity index (χ3n) is 0.315. The quantitative estimate of drug-likeness (QED) is 0.461. The van der Waals surface area contributed by atoms with Crippen molar-refractivity contribution in [1.29, 1.82) is 5.26 Å². The van der Waals surface area contributed by atoms with E-state index in [4.69, 9.17) is 5.26 Å². The minimum Gasteiger partial charge on any atom is -0.361 e. The van der Waals surface area contributed by atoms with Crippen molar-refractivity contribution in [3.8, 4) is 6.07 Å². The van der Waals surface area contributed by atoms with Crippen LogP contribution >= 0.6 is 0 Å². The smallest absolute Gasteiger partial charge is 0.134 e. The second kappa shape index (κ2) is 4.45. The van der Waals surface area contributed by atoms with Crippen molar-refractivity contribution in [1.82, 2.24) is 0 Å². The Bertz CT molecular complexity index is 55.1. The second-order valence-corrected chi connectivity index (χ2v) is 0.705. The van der Waals surface area contributed by atoms with Crippen LogP contribution in [0.3, 0.4) is 0 Å². The van der Waals surface area contributed by atoms with Crippen LogP contribution in [0.25, 0.3) is 0 Å². The highest BCUT2D eigenvalue weighted by atomic mass is 16.5. The highest BCUT2D eigenvalue weighted by Crippen LogP contribution is 1.72. The molecule has 0 aliphatic heterocycles. The molecule has 0 bridgehead atoms. The Balaban J connectivity index is 2.54. The molecule has 0 fully saturated rings. The SMILES string of the molecule is C[CH]OCC#N. The molecule has 0 atom stereocenters. The minimum absolute atomic E-state index is 0.163. The van der Waals surface area contributed by atoms with Crippen LogP contribution < -0.4 is 0 Å². The van der Waals surface area contributed by atoms with Crippen molar-refractivity contribution in [2.24, 2.45) is 0 Å². The zero-order valence-corrected chi connectivity index (χ0v) is 3.64. The average molecular weight is 84.1 g/mol. The fraction of sp³-hybridized carbons (Fsp3) is 0.500. The molecule has 0 aliphatic carbocycles. The van der Waals surface area contributed by atoms with E-state index >= 15 is 0 Å². The Kier molecular flexibility index (Phi) is 4.04. The molecule has 0 spiro atoms. The summed E-state index contributed by atoms with van der Waals surface area (Å²) in [6.07, 6.45) is 0. The van der Waals surface area contributed by atoms with Crippen LogP contribution in [0.1, 0.15) is 6.92 Å². The van der Waals surface area contributed by atoms with Gasteiger partial charge in [-0.1, -0.05) is 0 Å². The lowest BCUT2D eigenvalue weighted by Crippen LogP contribution is -1.81. The molecule has 0 unspecified atom stereocenters. The van der Waals surface area contributed by atoms with E-state index in [1.165, 1.54) is 6.61 Å². The van der Waals surface area contributed by atoms with Crippen molar-refractivity contribution in [2.45, 2.75) is 6.92 Å². The van der Waals surface area contributed by atoms with E-state index in [2.05, 4.69) is 4.74 Å². The molecule has 2 nitrogen and oxygen atoms in total. The standard InChI is InChI=1S/C4H6NO/c1-2-6-4-3-5/h2H,4H2,1H3. The van der Waals surface area contributed by atoms with Gasteiger partial charge in [-0.25, -0.2) is 0 Å². The van der Waals surface area contributed by atoms with Crippen molar-refractivity contribution < 1.29 is 4.74 Å². The van der Waals surface area contributed by atoms with Crippen LogP contribution in [-0.4, -0.2) is 6.61 Å². The predicted molar refractivity (Wildman–Crippen MR) is 21.5 cm³/mol. The second-order valence-electron chi connectivity index (χ2n) is 0.705. The van der Waals surface area contributed by atoms with Crippen molar-refractivity contribution in [3.05, 3.63) is 6.61 Å². The molecule has 0 aliphatic rings. The van der Waals surface area contributed by atoms with Crippen molar-refractivity contribution in [2.75, 3.05) is 6.61 Å². The van der Waals surface area contributed by atoms with Gasteiger partial charge < -0.3 is 4.74 Å². The molecule has 0 heterocycles. The number of hydrogen-bond acceptors (Lipinski definition) is 2. The highest BCUT2D eigenvalue weighted by Gasteiger charge is 1.71. The van der Waals surface area contributed by atoms with Gasteiger partial charge >= 0.3 is 0 Å². The van der Waals surface area contributed by atoms with E-state index < -0.39 is 0 Å². The Morgan fingerprint density at radius 3 is 2.83 bits per heavy atom. The molecule has 0 aromatic heterocycles. The summed E-state index contributed by atoms with van der Waals surface area (Å²) in [6.45, 7) is 3.39. The maximum Gasteiger partial charge on any atom is 0.134 e. The molecule has 0 saturated heterocycles. The summed E-state index contributed by atoms with van der Waals surface area (Å²) in [5.41, 5.74) is 0. The largest absolute Gasteiger partial charge is 0.361 e. The fourth-order valence-corrected chi connectivity index (χ4v) is 0.121. The van der Waals surface area contributed by atoms with Crippen molar-refractivity contribution in [3.63, 3.8) is 0 Å². The van der Waals surface area contributed by atoms with Crippen LogP contribution in [0.5, 0.6) is 0 Å². The van der Waals surface area contributed by atoms with Gasteiger partial charge in [0.15, 0.2) is 0 Å². The Hall–Kier alpha value is -0.550. The molecule has 2 heteroatoms. The zero-order chi connectivity index (χ0) is 4.83. The lowest BCUT2D eigenvalue weighted by molar-refractivity contribution is 0.244. The van der Waals surface area contributed by atoms with E-state index in [0.717, 1.165) is 0 Å². The van der Waals surface area contributed by atoms with Crippen molar-refractivity contribution >= 4 is 0 Å². The summed E-state index contributed by atoms with van der Waals surface area (Å²) >= 11 is 0.